The smallest absolute Gasteiger partial charge is 0.335 e. The number of rotatable bonds is 4. The summed E-state index contributed by atoms with van der Waals surface area (Å²) in [5, 5.41) is 13.3. The van der Waals surface area contributed by atoms with Gasteiger partial charge in [-0.25, -0.2) is 14.8 Å². The molecule has 0 radical (unpaired) electrons. The Hall–Kier alpha value is -1.66. The lowest BCUT2D eigenvalue weighted by Crippen LogP contribution is -2.09. The first-order chi connectivity index (χ1) is 9.36. The van der Waals surface area contributed by atoms with Crippen LogP contribution >= 0.6 is 22.9 Å². The van der Waals surface area contributed by atoms with E-state index in [0.29, 0.717) is 5.82 Å². The van der Waals surface area contributed by atoms with Crippen LogP contribution in [0.2, 0.25) is 5.15 Å². The zero-order valence-corrected chi connectivity index (χ0v) is 12.8. The van der Waals surface area contributed by atoms with Crippen LogP contribution in [-0.4, -0.2) is 21.0 Å². The molecule has 2 heterocycles. The summed E-state index contributed by atoms with van der Waals surface area (Å²) in [4.78, 5) is 20.6. The number of carbonyl (C=O) groups is 1. The first kappa shape index (κ1) is 14.7. The SMILES string of the molecule is Cc1nc(C)c(C(C)Nc2cc(C(=O)O)cc(Cl)n2)s1. The molecule has 0 spiro atoms. The highest BCUT2D eigenvalue weighted by molar-refractivity contribution is 7.11. The Balaban J connectivity index is 2.25. The molecule has 2 N–H and O–H groups in total. The minimum absolute atomic E-state index is 0.0196. The summed E-state index contributed by atoms with van der Waals surface area (Å²) in [7, 11) is 0. The molecule has 2 aromatic heterocycles. The van der Waals surface area contributed by atoms with Crippen molar-refractivity contribution in [2.24, 2.45) is 0 Å². The fourth-order valence-electron chi connectivity index (χ4n) is 1.93. The average molecular weight is 312 g/mol. The lowest BCUT2D eigenvalue weighted by atomic mass is 10.2. The Morgan fingerprint density at radius 3 is 2.65 bits per heavy atom. The van der Waals surface area contributed by atoms with E-state index in [2.05, 4.69) is 15.3 Å². The zero-order chi connectivity index (χ0) is 14.9. The second-order valence-corrected chi connectivity index (χ2v) is 6.04. The van der Waals surface area contributed by atoms with Gasteiger partial charge in [-0.3, -0.25) is 0 Å². The van der Waals surface area contributed by atoms with Crippen molar-refractivity contribution in [1.82, 2.24) is 9.97 Å². The molecule has 0 aliphatic heterocycles. The molecule has 2 rings (SSSR count). The summed E-state index contributed by atoms with van der Waals surface area (Å²) in [6, 6.07) is 2.77. The fraction of sp³-hybridized carbons (Fsp3) is 0.308. The van der Waals surface area contributed by atoms with Crippen molar-refractivity contribution >= 4 is 34.7 Å². The van der Waals surface area contributed by atoms with Gasteiger partial charge in [0.2, 0.25) is 0 Å². The molecule has 106 valence electrons. The van der Waals surface area contributed by atoms with Gasteiger partial charge in [0.05, 0.1) is 22.3 Å². The molecule has 1 unspecified atom stereocenters. The molecule has 1 atom stereocenters. The Kier molecular flexibility index (Phi) is 4.25. The van der Waals surface area contributed by atoms with Crippen LogP contribution in [0.25, 0.3) is 0 Å². The van der Waals surface area contributed by atoms with E-state index < -0.39 is 5.97 Å². The third kappa shape index (κ3) is 3.26. The number of hydrogen-bond donors (Lipinski definition) is 2. The number of thiazole rings is 1. The summed E-state index contributed by atoms with van der Waals surface area (Å²) in [6.07, 6.45) is 0. The van der Waals surface area contributed by atoms with Crippen molar-refractivity contribution in [1.29, 1.82) is 0 Å². The summed E-state index contributed by atoms with van der Waals surface area (Å²) >= 11 is 7.44. The Labute approximate surface area is 125 Å². The van der Waals surface area contributed by atoms with Crippen molar-refractivity contribution in [3.63, 3.8) is 0 Å². The molecule has 0 aliphatic rings. The van der Waals surface area contributed by atoms with E-state index in [-0.39, 0.29) is 16.8 Å². The Bertz CT molecular complexity index is 657. The largest absolute Gasteiger partial charge is 0.478 e. The first-order valence-corrected chi connectivity index (χ1v) is 7.17. The molecular formula is C13H14ClN3O2S. The van der Waals surface area contributed by atoms with E-state index in [1.807, 2.05) is 20.8 Å². The minimum Gasteiger partial charge on any atom is -0.478 e. The molecule has 0 saturated carbocycles. The highest BCUT2D eigenvalue weighted by Gasteiger charge is 2.15. The molecule has 0 aromatic carbocycles. The van der Waals surface area contributed by atoms with Gasteiger partial charge in [-0.2, -0.15) is 0 Å². The number of hydrogen-bond acceptors (Lipinski definition) is 5. The van der Waals surface area contributed by atoms with E-state index in [9.17, 15) is 4.79 Å². The van der Waals surface area contributed by atoms with Crippen LogP contribution < -0.4 is 5.32 Å². The van der Waals surface area contributed by atoms with E-state index >= 15 is 0 Å². The van der Waals surface area contributed by atoms with Crippen molar-refractivity contribution in [3.8, 4) is 0 Å². The number of aryl methyl sites for hydroxylation is 2. The average Bonchev–Trinajstić information content (AvgIpc) is 2.67. The predicted molar refractivity (Wildman–Crippen MR) is 79.8 cm³/mol. The van der Waals surface area contributed by atoms with Crippen LogP contribution in [0.4, 0.5) is 5.82 Å². The number of aromatic carboxylic acids is 1. The summed E-state index contributed by atoms with van der Waals surface area (Å²) in [6.45, 7) is 5.88. The fourth-order valence-corrected chi connectivity index (χ4v) is 3.07. The second-order valence-electron chi connectivity index (χ2n) is 4.42. The van der Waals surface area contributed by atoms with Crippen LogP contribution in [0.3, 0.4) is 0 Å². The van der Waals surface area contributed by atoms with Crippen molar-refractivity contribution in [2.45, 2.75) is 26.8 Å². The summed E-state index contributed by atoms with van der Waals surface area (Å²) < 4.78 is 0. The molecule has 0 saturated heterocycles. The number of carboxylic acid groups (broad SMARTS) is 1. The van der Waals surface area contributed by atoms with Crippen LogP contribution in [-0.2, 0) is 0 Å². The lowest BCUT2D eigenvalue weighted by molar-refractivity contribution is 0.0697. The van der Waals surface area contributed by atoms with Gasteiger partial charge in [0.25, 0.3) is 0 Å². The molecule has 0 aliphatic carbocycles. The normalized spacial score (nSPS) is 12.2. The van der Waals surface area contributed by atoms with Gasteiger partial charge in [0, 0.05) is 4.88 Å². The molecule has 0 bridgehead atoms. The third-order valence-corrected chi connectivity index (χ3v) is 4.19. The van der Waals surface area contributed by atoms with E-state index in [1.54, 1.807) is 11.3 Å². The minimum atomic E-state index is -1.03. The van der Waals surface area contributed by atoms with Crippen molar-refractivity contribution in [3.05, 3.63) is 38.4 Å². The van der Waals surface area contributed by atoms with Crippen LogP contribution in [0.15, 0.2) is 12.1 Å². The Morgan fingerprint density at radius 2 is 2.10 bits per heavy atom. The molecule has 20 heavy (non-hydrogen) atoms. The lowest BCUT2D eigenvalue weighted by Gasteiger charge is -2.14. The molecule has 0 amide bonds. The van der Waals surface area contributed by atoms with Gasteiger partial charge < -0.3 is 10.4 Å². The molecular weight excluding hydrogens is 298 g/mol. The number of carboxylic acids is 1. The third-order valence-electron chi connectivity index (χ3n) is 2.74. The van der Waals surface area contributed by atoms with Crippen LogP contribution in [0, 0.1) is 13.8 Å². The maximum atomic E-state index is 11.0. The van der Waals surface area contributed by atoms with Gasteiger partial charge in [-0.05, 0) is 32.9 Å². The van der Waals surface area contributed by atoms with E-state index in [4.69, 9.17) is 16.7 Å². The maximum absolute atomic E-state index is 11.0. The monoisotopic (exact) mass is 311 g/mol. The van der Waals surface area contributed by atoms with Gasteiger partial charge >= 0.3 is 5.97 Å². The molecule has 2 aromatic rings. The number of nitrogens with zero attached hydrogens (tertiary/aromatic N) is 2. The molecule has 7 heteroatoms. The zero-order valence-electron chi connectivity index (χ0n) is 11.3. The van der Waals surface area contributed by atoms with E-state index in [0.717, 1.165) is 15.6 Å². The number of pyridine rings is 1. The second kappa shape index (κ2) is 5.76. The van der Waals surface area contributed by atoms with Gasteiger partial charge in [-0.1, -0.05) is 11.6 Å². The molecule has 0 fully saturated rings. The topological polar surface area (TPSA) is 75.1 Å². The highest BCUT2D eigenvalue weighted by atomic mass is 35.5. The predicted octanol–water partition coefficient (Wildman–Crippen LogP) is 3.68. The van der Waals surface area contributed by atoms with Crippen molar-refractivity contribution < 1.29 is 9.90 Å². The number of halogens is 1. The summed E-state index contributed by atoms with van der Waals surface area (Å²) in [5.41, 5.74) is 1.07. The van der Waals surface area contributed by atoms with Crippen molar-refractivity contribution in [2.75, 3.05) is 5.32 Å². The maximum Gasteiger partial charge on any atom is 0.335 e. The number of anilines is 1. The van der Waals surface area contributed by atoms with Gasteiger partial charge in [-0.15, -0.1) is 11.3 Å². The van der Waals surface area contributed by atoms with Gasteiger partial charge in [0.15, 0.2) is 0 Å². The molecule has 5 nitrogen and oxygen atoms in total. The summed E-state index contributed by atoms with van der Waals surface area (Å²) in [5.74, 6) is -0.595. The van der Waals surface area contributed by atoms with Crippen LogP contribution in [0.1, 0.15) is 38.9 Å². The first-order valence-electron chi connectivity index (χ1n) is 5.98. The van der Waals surface area contributed by atoms with Crippen LogP contribution in [0.5, 0.6) is 0 Å². The van der Waals surface area contributed by atoms with Gasteiger partial charge in [0.1, 0.15) is 11.0 Å². The Morgan fingerprint density at radius 1 is 1.40 bits per heavy atom. The quantitative estimate of drug-likeness (QED) is 0.842. The standard InChI is InChI=1S/C13H14ClN3O2S/c1-6-12(20-8(3)15-6)7(2)16-11-5-9(13(18)19)4-10(14)17-11/h4-5,7H,1-3H3,(H,16,17)(H,18,19). The van der Waals surface area contributed by atoms with E-state index in [1.165, 1.54) is 12.1 Å². The number of nitrogens with one attached hydrogen (secondary N) is 1. The number of aromatic nitrogens is 2. The highest BCUT2D eigenvalue weighted by Crippen LogP contribution is 2.27.